The lowest BCUT2D eigenvalue weighted by Gasteiger charge is -2.09. The zero-order valence-electron chi connectivity index (χ0n) is 33.7. The van der Waals surface area contributed by atoms with Crippen LogP contribution < -0.4 is 9.47 Å². The van der Waals surface area contributed by atoms with Crippen molar-refractivity contribution in [3.05, 3.63) is 58.9 Å². The molecule has 0 saturated carbocycles. The first-order chi connectivity index (χ1) is 28.3. The van der Waals surface area contributed by atoms with E-state index in [-0.39, 0.29) is 26.4 Å². The molecule has 332 valence electrons. The molecule has 2 rings (SSSR count). The number of ether oxygens (including phenoxy) is 11. The minimum absolute atomic E-state index is 0.0812. The lowest BCUT2D eigenvalue weighted by atomic mass is 10.0. The molecule has 0 amide bonds. The second-order valence-corrected chi connectivity index (χ2v) is 12.6. The molecule has 2 aromatic rings. The topological polar surface area (TPSA) is 119 Å². The summed E-state index contributed by atoms with van der Waals surface area (Å²) in [5, 5.41) is 0. The molecule has 0 aliphatic heterocycles. The molecular formula is C41H61F5O12. The van der Waals surface area contributed by atoms with E-state index in [4.69, 9.17) is 47.4 Å². The van der Waals surface area contributed by atoms with Crippen molar-refractivity contribution >= 4 is 5.97 Å². The van der Waals surface area contributed by atoms with E-state index in [2.05, 4.69) is 23.8 Å². The van der Waals surface area contributed by atoms with Crippen LogP contribution in [-0.2, 0) is 53.8 Å². The molecule has 0 aliphatic carbocycles. The van der Waals surface area contributed by atoms with E-state index in [1.54, 1.807) is 0 Å². The third kappa shape index (κ3) is 24.8. The van der Waals surface area contributed by atoms with Gasteiger partial charge in [-0.3, -0.25) is 4.79 Å². The van der Waals surface area contributed by atoms with Crippen molar-refractivity contribution in [3.8, 4) is 11.5 Å². The Balaban J connectivity index is 1.22. The summed E-state index contributed by atoms with van der Waals surface area (Å²) >= 11 is 0. The van der Waals surface area contributed by atoms with E-state index in [1.807, 2.05) is 12.1 Å². The van der Waals surface area contributed by atoms with Crippen LogP contribution in [0.2, 0.25) is 0 Å². The lowest BCUT2D eigenvalue weighted by molar-refractivity contribution is -0.136. The van der Waals surface area contributed by atoms with Crippen molar-refractivity contribution in [2.24, 2.45) is 0 Å². The van der Waals surface area contributed by atoms with Gasteiger partial charge in [-0.1, -0.05) is 51.2 Å². The van der Waals surface area contributed by atoms with Crippen molar-refractivity contribution in [1.82, 2.24) is 0 Å². The Morgan fingerprint density at radius 2 is 0.776 bits per heavy atom. The standard InChI is InChI=1S/C41H61F5O12/c1-2-3-4-5-6-7-8-33-9-11-34(12-10-33)57-32-31-56-30-29-55-28-27-54-26-25-53-24-23-52-22-21-51-20-19-50-18-17-49-16-15-48-14-13-35(47)58-41-39(45)37(43)36(42)38(44)40(41)46/h9-12H,2-8,13-32H2,1H3. The fourth-order valence-corrected chi connectivity index (χ4v) is 4.94. The quantitative estimate of drug-likeness (QED) is 0.0176. The van der Waals surface area contributed by atoms with Crippen molar-refractivity contribution in [2.45, 2.75) is 58.3 Å². The van der Waals surface area contributed by atoms with Gasteiger partial charge in [-0.2, -0.15) is 8.78 Å². The number of carbonyl (C=O) groups is 1. The van der Waals surface area contributed by atoms with Crippen LogP contribution in [0.4, 0.5) is 22.0 Å². The molecule has 0 radical (unpaired) electrons. The summed E-state index contributed by atoms with van der Waals surface area (Å²) in [6.45, 7) is 9.12. The number of rotatable bonds is 39. The van der Waals surface area contributed by atoms with Crippen LogP contribution in [0.1, 0.15) is 57.4 Å². The Labute approximate surface area is 338 Å². The van der Waals surface area contributed by atoms with Gasteiger partial charge in [0.15, 0.2) is 0 Å². The van der Waals surface area contributed by atoms with Crippen molar-refractivity contribution < 1.29 is 78.9 Å². The number of aryl methyl sites for hydroxylation is 1. The van der Waals surface area contributed by atoms with E-state index in [0.717, 1.165) is 12.2 Å². The number of esters is 1. The maximum Gasteiger partial charge on any atom is 0.313 e. The SMILES string of the molecule is CCCCCCCCc1ccc(OCCOCCOCCOCCOCCOCCOCCOCCOCCOCCC(=O)Oc2c(F)c(F)c(F)c(F)c2F)cc1. The van der Waals surface area contributed by atoms with Crippen LogP contribution >= 0.6 is 0 Å². The van der Waals surface area contributed by atoms with E-state index in [0.29, 0.717) is 99.1 Å². The smallest absolute Gasteiger partial charge is 0.313 e. The zero-order valence-corrected chi connectivity index (χ0v) is 33.7. The van der Waals surface area contributed by atoms with Crippen LogP contribution in [0.15, 0.2) is 24.3 Å². The second kappa shape index (κ2) is 34.8. The summed E-state index contributed by atoms with van der Waals surface area (Å²) in [5.41, 5.74) is 1.36. The molecule has 0 fully saturated rings. The Morgan fingerprint density at radius 3 is 1.19 bits per heavy atom. The summed E-state index contributed by atoms with van der Waals surface area (Å²) in [6, 6.07) is 8.35. The van der Waals surface area contributed by atoms with Gasteiger partial charge in [0.2, 0.25) is 34.8 Å². The number of unbranched alkanes of at least 4 members (excludes halogenated alkanes) is 5. The molecular weight excluding hydrogens is 779 g/mol. The number of halogens is 5. The van der Waals surface area contributed by atoms with Crippen molar-refractivity contribution in [3.63, 3.8) is 0 Å². The van der Waals surface area contributed by atoms with Gasteiger partial charge in [0.05, 0.1) is 125 Å². The molecule has 0 bridgehead atoms. The van der Waals surface area contributed by atoms with Crippen LogP contribution in [-0.4, -0.2) is 132 Å². The lowest BCUT2D eigenvalue weighted by Crippen LogP contribution is -2.16. The van der Waals surface area contributed by atoms with Gasteiger partial charge in [-0.15, -0.1) is 0 Å². The first kappa shape index (κ1) is 51.1. The van der Waals surface area contributed by atoms with E-state index >= 15 is 0 Å². The highest BCUT2D eigenvalue weighted by atomic mass is 19.2. The molecule has 0 saturated heterocycles. The summed E-state index contributed by atoms with van der Waals surface area (Å²) in [6.07, 6.45) is 8.47. The molecule has 0 N–H and O–H groups in total. The Kier molecular flexibility index (Phi) is 30.7. The van der Waals surface area contributed by atoms with Crippen molar-refractivity contribution in [2.75, 3.05) is 126 Å². The van der Waals surface area contributed by atoms with Gasteiger partial charge in [-0.25, -0.2) is 13.2 Å². The van der Waals surface area contributed by atoms with Gasteiger partial charge >= 0.3 is 5.97 Å². The summed E-state index contributed by atoms with van der Waals surface area (Å²) in [7, 11) is 0. The second-order valence-electron chi connectivity index (χ2n) is 12.6. The molecule has 12 nitrogen and oxygen atoms in total. The van der Waals surface area contributed by atoms with Crippen LogP contribution in [0, 0.1) is 29.1 Å². The molecule has 0 aliphatic rings. The Bertz CT molecular complexity index is 1300. The average molecular weight is 841 g/mol. The molecule has 0 atom stereocenters. The summed E-state index contributed by atoms with van der Waals surface area (Å²) in [5.74, 6) is -13.3. The maximum absolute atomic E-state index is 13.6. The third-order valence-electron chi connectivity index (χ3n) is 8.05. The molecule has 58 heavy (non-hydrogen) atoms. The van der Waals surface area contributed by atoms with Gasteiger partial charge in [0.25, 0.3) is 0 Å². The van der Waals surface area contributed by atoms with Crippen molar-refractivity contribution in [1.29, 1.82) is 0 Å². The molecule has 17 heteroatoms. The highest BCUT2D eigenvalue weighted by Crippen LogP contribution is 2.29. The average Bonchev–Trinajstić information content (AvgIpc) is 3.23. The fraction of sp³-hybridized carbons (Fsp3) is 0.683. The Hall–Kier alpha value is -3.00. The van der Waals surface area contributed by atoms with E-state index in [1.165, 1.54) is 44.1 Å². The summed E-state index contributed by atoms with van der Waals surface area (Å²) in [4.78, 5) is 11.7. The zero-order chi connectivity index (χ0) is 41.9. The van der Waals surface area contributed by atoms with Gasteiger partial charge < -0.3 is 52.1 Å². The van der Waals surface area contributed by atoms with E-state index < -0.39 is 47.2 Å². The van der Waals surface area contributed by atoms with E-state index in [9.17, 15) is 26.7 Å². The number of carbonyl (C=O) groups excluding carboxylic acids is 1. The molecule has 0 spiro atoms. The van der Waals surface area contributed by atoms with Crippen LogP contribution in [0.25, 0.3) is 0 Å². The largest absolute Gasteiger partial charge is 0.491 e. The monoisotopic (exact) mass is 840 g/mol. The minimum atomic E-state index is -2.35. The maximum atomic E-state index is 13.6. The third-order valence-corrected chi connectivity index (χ3v) is 8.05. The number of hydrogen-bond acceptors (Lipinski definition) is 12. The number of hydrogen-bond donors (Lipinski definition) is 0. The Morgan fingerprint density at radius 1 is 0.431 bits per heavy atom. The first-order valence-corrected chi connectivity index (χ1v) is 20.0. The first-order valence-electron chi connectivity index (χ1n) is 20.0. The predicted octanol–water partition coefficient (Wildman–Crippen LogP) is 6.81. The predicted molar refractivity (Wildman–Crippen MR) is 203 cm³/mol. The normalized spacial score (nSPS) is 11.4. The molecule has 0 heterocycles. The van der Waals surface area contributed by atoms with Crippen LogP contribution in [0.5, 0.6) is 11.5 Å². The molecule has 0 aromatic heterocycles. The van der Waals surface area contributed by atoms with Gasteiger partial charge in [0, 0.05) is 0 Å². The summed E-state index contributed by atoms with van der Waals surface area (Å²) < 4.78 is 125. The molecule has 0 unspecified atom stereocenters. The highest BCUT2D eigenvalue weighted by Gasteiger charge is 2.28. The highest BCUT2D eigenvalue weighted by molar-refractivity contribution is 5.72. The van der Waals surface area contributed by atoms with Gasteiger partial charge in [0.1, 0.15) is 12.4 Å². The fourth-order valence-electron chi connectivity index (χ4n) is 4.94. The molecule has 2 aromatic carbocycles. The van der Waals surface area contributed by atoms with Gasteiger partial charge in [-0.05, 0) is 30.5 Å². The van der Waals surface area contributed by atoms with Crippen LogP contribution in [0.3, 0.4) is 0 Å². The minimum Gasteiger partial charge on any atom is -0.491 e. The number of benzene rings is 2.